The smallest absolute Gasteiger partial charge is 0.274 e. The van der Waals surface area contributed by atoms with Crippen molar-refractivity contribution in [3.63, 3.8) is 0 Å². The second-order valence-electron chi connectivity index (χ2n) is 9.25. The second kappa shape index (κ2) is 10.1. The molecule has 2 aromatic heterocycles. The fourth-order valence-corrected chi connectivity index (χ4v) is 4.77. The van der Waals surface area contributed by atoms with Gasteiger partial charge in [0.15, 0.2) is 0 Å². The zero-order chi connectivity index (χ0) is 25.3. The minimum Gasteiger partial charge on any atom is -0.389 e. The molecule has 1 aromatic carbocycles. The number of nitrogens with two attached hydrogens (primary N) is 1. The zero-order valence-corrected chi connectivity index (χ0v) is 19.4. The van der Waals surface area contributed by atoms with Crippen molar-refractivity contribution in [2.75, 3.05) is 5.32 Å². The summed E-state index contributed by atoms with van der Waals surface area (Å²) in [5.74, 6) is -3.28. The second-order valence-corrected chi connectivity index (χ2v) is 9.25. The Labute approximate surface area is 201 Å². The lowest BCUT2D eigenvalue weighted by molar-refractivity contribution is 0.102. The first kappa shape index (κ1) is 24.8. The number of nitrogens with zero attached hydrogens (tertiary/aromatic N) is 2. The number of aliphatic hydroxyl groups excluding tert-OH is 1. The van der Waals surface area contributed by atoms with Crippen molar-refractivity contribution in [1.29, 1.82) is 0 Å². The van der Waals surface area contributed by atoms with Crippen LogP contribution in [-0.2, 0) is 0 Å². The van der Waals surface area contributed by atoms with Gasteiger partial charge in [0.1, 0.15) is 28.8 Å². The Morgan fingerprint density at radius 1 is 1.11 bits per heavy atom. The molecule has 1 aliphatic rings. The van der Waals surface area contributed by atoms with E-state index in [-0.39, 0.29) is 23.2 Å². The Kier molecular flexibility index (Phi) is 7.18. The summed E-state index contributed by atoms with van der Waals surface area (Å²) >= 11 is 0. The summed E-state index contributed by atoms with van der Waals surface area (Å²) in [7, 11) is 0. The molecule has 2 heterocycles. The average Bonchev–Trinajstić information content (AvgIpc) is 2.79. The zero-order valence-electron chi connectivity index (χ0n) is 19.4. The first-order valence-corrected chi connectivity index (χ1v) is 11.5. The Morgan fingerprint density at radius 2 is 1.83 bits per heavy atom. The molecule has 0 radical (unpaired) electrons. The van der Waals surface area contributed by atoms with E-state index in [0.717, 1.165) is 49.1 Å². The van der Waals surface area contributed by atoms with E-state index in [1.165, 1.54) is 13.1 Å². The van der Waals surface area contributed by atoms with Gasteiger partial charge in [0.25, 0.3) is 5.91 Å². The lowest BCUT2D eigenvalue weighted by atomic mass is 9.76. The highest BCUT2D eigenvalue weighted by Gasteiger charge is 2.28. The molecule has 1 aliphatic carbocycles. The van der Waals surface area contributed by atoms with Crippen LogP contribution in [0.4, 0.5) is 18.9 Å². The number of carbonyl (C=O) groups is 1. The summed E-state index contributed by atoms with van der Waals surface area (Å²) < 4.78 is 43.9. The predicted molar refractivity (Wildman–Crippen MR) is 126 cm³/mol. The molecular formula is C26H27F3N4O2. The van der Waals surface area contributed by atoms with Crippen molar-refractivity contribution in [3.8, 4) is 11.3 Å². The standard InChI is InChI=1S/C26H27F3N4O2/c1-13-7-16(9-17(30)8-13)18-5-6-31-12-23(18)33-26(35)22-4-3-19(27)25(32-22)24-20(28)10-15(14(2)34)11-21(24)29/h3-6,10-14,16-17,34H,7-9,30H2,1-2H3,(H,33,35)/t13-,14+,16+,17+/m0/s1. The van der Waals surface area contributed by atoms with Gasteiger partial charge < -0.3 is 16.2 Å². The first-order chi connectivity index (χ1) is 16.6. The number of benzene rings is 1. The van der Waals surface area contributed by atoms with Crippen molar-refractivity contribution in [2.45, 2.75) is 51.2 Å². The third-order valence-electron chi connectivity index (χ3n) is 6.38. The molecule has 0 spiro atoms. The summed E-state index contributed by atoms with van der Waals surface area (Å²) in [5, 5.41) is 12.4. The lowest BCUT2D eigenvalue weighted by Crippen LogP contribution is -2.31. The maximum Gasteiger partial charge on any atom is 0.274 e. The van der Waals surface area contributed by atoms with Crippen molar-refractivity contribution in [1.82, 2.24) is 9.97 Å². The van der Waals surface area contributed by atoms with Crippen molar-refractivity contribution >= 4 is 11.6 Å². The molecule has 0 unspecified atom stereocenters. The van der Waals surface area contributed by atoms with E-state index in [4.69, 9.17) is 5.73 Å². The predicted octanol–water partition coefficient (Wildman–Crippen LogP) is 5.10. The summed E-state index contributed by atoms with van der Waals surface area (Å²) in [6.07, 6.45) is 4.69. The summed E-state index contributed by atoms with van der Waals surface area (Å²) in [5.41, 5.74) is 6.01. The fourth-order valence-electron chi connectivity index (χ4n) is 4.77. The number of carbonyl (C=O) groups excluding carboxylic acids is 1. The van der Waals surface area contributed by atoms with Gasteiger partial charge in [-0.3, -0.25) is 9.78 Å². The number of nitrogens with one attached hydrogen (secondary N) is 1. The average molecular weight is 485 g/mol. The molecule has 4 rings (SSSR count). The van der Waals surface area contributed by atoms with Crippen LogP contribution in [0.5, 0.6) is 0 Å². The van der Waals surface area contributed by atoms with E-state index < -0.39 is 40.7 Å². The minimum atomic E-state index is -1.11. The Morgan fingerprint density at radius 3 is 2.49 bits per heavy atom. The van der Waals surface area contributed by atoms with Crippen LogP contribution < -0.4 is 11.1 Å². The number of halogens is 3. The Balaban J connectivity index is 1.64. The van der Waals surface area contributed by atoms with E-state index >= 15 is 0 Å². The summed E-state index contributed by atoms with van der Waals surface area (Å²) in [6.45, 7) is 3.49. The summed E-state index contributed by atoms with van der Waals surface area (Å²) in [6, 6.07) is 5.80. The Bertz CT molecular complexity index is 1220. The highest BCUT2D eigenvalue weighted by atomic mass is 19.1. The van der Waals surface area contributed by atoms with Gasteiger partial charge in [-0.2, -0.15) is 0 Å². The minimum absolute atomic E-state index is 0.00101. The first-order valence-electron chi connectivity index (χ1n) is 11.5. The highest BCUT2D eigenvalue weighted by molar-refractivity contribution is 6.03. The molecule has 184 valence electrons. The largest absolute Gasteiger partial charge is 0.389 e. The van der Waals surface area contributed by atoms with Gasteiger partial charge in [0, 0.05) is 12.2 Å². The monoisotopic (exact) mass is 484 g/mol. The quantitative estimate of drug-likeness (QED) is 0.468. The number of amides is 1. The van der Waals surface area contributed by atoms with Gasteiger partial charge in [-0.05, 0) is 79.5 Å². The third-order valence-corrected chi connectivity index (χ3v) is 6.38. The molecule has 35 heavy (non-hydrogen) atoms. The van der Waals surface area contributed by atoms with E-state index in [1.807, 2.05) is 6.07 Å². The van der Waals surface area contributed by atoms with Gasteiger partial charge in [-0.1, -0.05) is 6.92 Å². The lowest BCUT2D eigenvalue weighted by Gasteiger charge is -2.32. The van der Waals surface area contributed by atoms with Gasteiger partial charge in [0.05, 0.1) is 23.6 Å². The van der Waals surface area contributed by atoms with E-state index in [2.05, 4.69) is 22.2 Å². The molecule has 1 saturated carbocycles. The van der Waals surface area contributed by atoms with Crippen LogP contribution in [0.3, 0.4) is 0 Å². The normalized spacial score (nSPS) is 20.9. The van der Waals surface area contributed by atoms with Gasteiger partial charge in [0.2, 0.25) is 0 Å². The number of hydrogen-bond donors (Lipinski definition) is 3. The van der Waals surface area contributed by atoms with E-state index in [0.29, 0.717) is 11.6 Å². The van der Waals surface area contributed by atoms with Crippen molar-refractivity contribution in [2.24, 2.45) is 11.7 Å². The third kappa shape index (κ3) is 5.36. The molecule has 3 aromatic rings. The van der Waals surface area contributed by atoms with Gasteiger partial charge in [-0.25, -0.2) is 18.2 Å². The molecule has 1 amide bonds. The number of aliphatic hydroxyl groups is 1. The molecule has 6 nitrogen and oxygen atoms in total. The van der Waals surface area contributed by atoms with E-state index in [1.54, 1.807) is 6.20 Å². The van der Waals surface area contributed by atoms with E-state index in [9.17, 15) is 23.1 Å². The Hall–Kier alpha value is -3.30. The number of hydrogen-bond acceptors (Lipinski definition) is 5. The van der Waals surface area contributed by atoms with Crippen molar-refractivity contribution in [3.05, 3.63) is 77.0 Å². The highest BCUT2D eigenvalue weighted by Crippen LogP contribution is 2.38. The molecule has 4 atom stereocenters. The topological polar surface area (TPSA) is 101 Å². The van der Waals surface area contributed by atoms with Crippen molar-refractivity contribution < 1.29 is 23.1 Å². The number of rotatable bonds is 5. The molecule has 0 saturated heterocycles. The molecule has 9 heteroatoms. The maximum absolute atomic E-state index is 14.7. The van der Waals surface area contributed by atoms with Crippen LogP contribution in [0.15, 0.2) is 42.7 Å². The number of aromatic nitrogens is 2. The van der Waals surface area contributed by atoms with Crippen LogP contribution in [0.1, 0.15) is 66.7 Å². The SMILES string of the molecule is C[C@@H]1C[C@@H](N)C[C@H](c2ccncc2NC(=O)c2ccc(F)c(-c3c(F)cc([C@@H](C)O)cc3F)n2)C1. The molecule has 4 N–H and O–H groups in total. The number of pyridine rings is 2. The molecule has 1 fully saturated rings. The summed E-state index contributed by atoms with van der Waals surface area (Å²) in [4.78, 5) is 21.1. The molecule has 0 bridgehead atoms. The molecular weight excluding hydrogens is 457 g/mol. The number of anilines is 1. The van der Waals surface area contributed by atoms with Gasteiger partial charge in [-0.15, -0.1) is 0 Å². The van der Waals surface area contributed by atoms with Gasteiger partial charge >= 0.3 is 0 Å². The fraction of sp³-hybridized carbons (Fsp3) is 0.346. The van der Waals surface area contributed by atoms with Crippen LogP contribution >= 0.6 is 0 Å². The molecule has 0 aliphatic heterocycles. The van der Waals surface area contributed by atoms with Crippen LogP contribution in [0.25, 0.3) is 11.3 Å². The van der Waals surface area contributed by atoms with Crippen LogP contribution in [0.2, 0.25) is 0 Å². The van der Waals surface area contributed by atoms with Crippen LogP contribution in [0, 0.1) is 23.4 Å². The van der Waals surface area contributed by atoms with Crippen LogP contribution in [-0.4, -0.2) is 27.0 Å². The maximum atomic E-state index is 14.7.